The molecule has 2 aromatic rings. The molecule has 0 radical (unpaired) electrons. The van der Waals surface area contributed by atoms with Crippen LogP contribution >= 0.6 is 0 Å². The summed E-state index contributed by atoms with van der Waals surface area (Å²) in [7, 11) is 0. The van der Waals surface area contributed by atoms with Gasteiger partial charge in [0.2, 0.25) is 12.0 Å². The quantitative estimate of drug-likeness (QED) is 0.473. The molecule has 1 heterocycles. The second-order valence-corrected chi connectivity index (χ2v) is 2.52. The SMILES string of the molecule is [O-][n+]1ccnc(-c2ccccc2)n1. The molecule has 0 aliphatic heterocycles. The third-order valence-electron chi connectivity index (χ3n) is 1.62. The van der Waals surface area contributed by atoms with Crippen LogP contribution in [0.5, 0.6) is 0 Å². The zero-order valence-corrected chi connectivity index (χ0v) is 6.79. The van der Waals surface area contributed by atoms with Gasteiger partial charge in [-0.05, 0) is 0 Å². The highest BCUT2D eigenvalue weighted by Gasteiger charge is 2.02. The van der Waals surface area contributed by atoms with Crippen molar-refractivity contribution < 1.29 is 4.85 Å². The molecule has 13 heavy (non-hydrogen) atoms. The summed E-state index contributed by atoms with van der Waals surface area (Å²) in [4.78, 5) is 4.47. The molecule has 0 saturated carbocycles. The van der Waals surface area contributed by atoms with Gasteiger partial charge in [0.15, 0.2) is 0 Å². The number of benzene rings is 1. The standard InChI is InChI=1S/C9H7N3O/c13-12-7-6-10-9(11-12)8-4-2-1-3-5-8/h1-7H. The van der Waals surface area contributed by atoms with Crippen molar-refractivity contribution in [2.45, 2.75) is 0 Å². The Labute approximate surface area is 75.1 Å². The van der Waals surface area contributed by atoms with E-state index in [2.05, 4.69) is 10.1 Å². The molecular formula is C9H7N3O. The van der Waals surface area contributed by atoms with E-state index in [-0.39, 0.29) is 0 Å². The van der Waals surface area contributed by atoms with E-state index < -0.39 is 0 Å². The lowest BCUT2D eigenvalue weighted by molar-refractivity contribution is -0.668. The van der Waals surface area contributed by atoms with E-state index in [1.165, 1.54) is 12.4 Å². The van der Waals surface area contributed by atoms with Crippen LogP contribution in [0.4, 0.5) is 0 Å². The van der Waals surface area contributed by atoms with Crippen LogP contribution in [-0.2, 0) is 0 Å². The molecule has 1 aromatic carbocycles. The molecule has 0 aliphatic carbocycles. The van der Waals surface area contributed by atoms with E-state index in [0.29, 0.717) is 10.7 Å². The van der Waals surface area contributed by atoms with Crippen molar-refractivity contribution in [2.75, 3.05) is 0 Å². The minimum atomic E-state index is 0.443. The van der Waals surface area contributed by atoms with Crippen LogP contribution in [0.3, 0.4) is 0 Å². The summed E-state index contributed by atoms with van der Waals surface area (Å²) in [6.07, 6.45) is 2.69. The highest BCUT2D eigenvalue weighted by Crippen LogP contribution is 2.10. The number of rotatable bonds is 1. The molecule has 1 aromatic heterocycles. The third kappa shape index (κ3) is 1.61. The fourth-order valence-electron chi connectivity index (χ4n) is 1.03. The van der Waals surface area contributed by atoms with Gasteiger partial charge in [-0.2, -0.15) is 0 Å². The molecule has 4 heteroatoms. The summed E-state index contributed by atoms with van der Waals surface area (Å²) in [5, 5.41) is 14.5. The van der Waals surface area contributed by atoms with Crippen LogP contribution in [0.1, 0.15) is 0 Å². The smallest absolute Gasteiger partial charge is 0.228 e. The minimum absolute atomic E-state index is 0.443. The van der Waals surface area contributed by atoms with Gasteiger partial charge in [-0.15, -0.1) is 0 Å². The molecule has 0 bridgehead atoms. The van der Waals surface area contributed by atoms with Crippen molar-refractivity contribution >= 4 is 0 Å². The van der Waals surface area contributed by atoms with E-state index in [1.54, 1.807) is 0 Å². The zero-order valence-electron chi connectivity index (χ0n) is 6.79. The Kier molecular flexibility index (Phi) is 1.88. The zero-order chi connectivity index (χ0) is 9.10. The Hall–Kier alpha value is -1.97. The summed E-state index contributed by atoms with van der Waals surface area (Å²) < 4.78 is 0. The summed E-state index contributed by atoms with van der Waals surface area (Å²) in [5.41, 5.74) is 0.840. The van der Waals surface area contributed by atoms with Crippen molar-refractivity contribution in [1.82, 2.24) is 10.1 Å². The predicted octanol–water partition coefficient (Wildman–Crippen LogP) is 0.777. The fraction of sp³-hybridized carbons (Fsp3) is 0. The van der Waals surface area contributed by atoms with Crippen LogP contribution in [0.25, 0.3) is 11.4 Å². The van der Waals surface area contributed by atoms with Gasteiger partial charge in [0.1, 0.15) is 0 Å². The Morgan fingerprint density at radius 2 is 1.92 bits per heavy atom. The van der Waals surface area contributed by atoms with Gasteiger partial charge in [0.25, 0.3) is 0 Å². The molecule has 2 rings (SSSR count). The number of hydrogen-bond acceptors (Lipinski definition) is 3. The third-order valence-corrected chi connectivity index (χ3v) is 1.62. The molecular weight excluding hydrogens is 166 g/mol. The van der Waals surface area contributed by atoms with Gasteiger partial charge in [-0.3, -0.25) is 0 Å². The van der Waals surface area contributed by atoms with Gasteiger partial charge in [0.05, 0.1) is 6.20 Å². The maximum Gasteiger partial charge on any atom is 0.228 e. The maximum atomic E-state index is 10.8. The van der Waals surface area contributed by atoms with Gasteiger partial charge in [0, 0.05) is 10.7 Å². The van der Waals surface area contributed by atoms with Crippen molar-refractivity contribution in [3.05, 3.63) is 47.9 Å². The largest absolute Gasteiger partial charge is 0.594 e. The lowest BCUT2D eigenvalue weighted by Gasteiger charge is -1.96. The van der Waals surface area contributed by atoms with Crippen LogP contribution < -0.4 is 4.85 Å². The fourth-order valence-corrected chi connectivity index (χ4v) is 1.03. The van der Waals surface area contributed by atoms with Crippen molar-refractivity contribution in [3.63, 3.8) is 0 Å². The molecule has 0 amide bonds. The first-order valence-electron chi connectivity index (χ1n) is 3.84. The second kappa shape index (κ2) is 3.18. The molecule has 64 valence electrons. The molecule has 0 N–H and O–H groups in total. The Morgan fingerprint density at radius 1 is 1.15 bits per heavy atom. The average Bonchev–Trinajstić information content (AvgIpc) is 2.19. The normalized spacial score (nSPS) is 9.85. The second-order valence-electron chi connectivity index (χ2n) is 2.52. The van der Waals surface area contributed by atoms with Crippen molar-refractivity contribution in [1.29, 1.82) is 0 Å². The van der Waals surface area contributed by atoms with Gasteiger partial charge < -0.3 is 5.21 Å². The molecule has 0 fully saturated rings. The lowest BCUT2D eigenvalue weighted by atomic mass is 10.2. The lowest BCUT2D eigenvalue weighted by Crippen LogP contribution is -2.30. The van der Waals surface area contributed by atoms with E-state index in [9.17, 15) is 5.21 Å². The van der Waals surface area contributed by atoms with Gasteiger partial charge in [-0.25, -0.2) is 4.98 Å². The Morgan fingerprint density at radius 3 is 2.62 bits per heavy atom. The highest BCUT2D eigenvalue weighted by molar-refractivity contribution is 5.52. The number of hydrogen-bond donors (Lipinski definition) is 0. The monoisotopic (exact) mass is 173 g/mol. The number of aromatic nitrogens is 3. The summed E-state index contributed by atoms with van der Waals surface area (Å²) in [6.45, 7) is 0. The minimum Gasteiger partial charge on any atom is -0.594 e. The summed E-state index contributed by atoms with van der Waals surface area (Å²) in [5.74, 6) is 0.443. The highest BCUT2D eigenvalue weighted by atomic mass is 16.5. The molecule has 0 atom stereocenters. The van der Waals surface area contributed by atoms with Crippen LogP contribution in [-0.4, -0.2) is 10.1 Å². The topological polar surface area (TPSA) is 52.7 Å². The maximum absolute atomic E-state index is 10.8. The first-order chi connectivity index (χ1) is 6.36. The van der Waals surface area contributed by atoms with Crippen molar-refractivity contribution in [2.24, 2.45) is 0 Å². The summed E-state index contributed by atoms with van der Waals surface area (Å²) >= 11 is 0. The number of nitrogens with zero attached hydrogens (tertiary/aromatic N) is 3. The van der Waals surface area contributed by atoms with E-state index in [4.69, 9.17) is 0 Å². The van der Waals surface area contributed by atoms with Gasteiger partial charge in [-0.1, -0.05) is 35.2 Å². The van der Waals surface area contributed by atoms with Crippen LogP contribution in [0.2, 0.25) is 0 Å². The van der Waals surface area contributed by atoms with Gasteiger partial charge >= 0.3 is 0 Å². The van der Waals surface area contributed by atoms with Crippen molar-refractivity contribution in [3.8, 4) is 11.4 Å². The van der Waals surface area contributed by atoms with E-state index in [0.717, 1.165) is 5.56 Å². The van der Waals surface area contributed by atoms with E-state index >= 15 is 0 Å². The Balaban J connectivity index is 2.48. The summed E-state index contributed by atoms with van der Waals surface area (Å²) in [6, 6.07) is 9.37. The molecule has 0 saturated heterocycles. The molecule has 0 aliphatic rings. The first kappa shape index (κ1) is 7.67. The van der Waals surface area contributed by atoms with Crippen LogP contribution in [0, 0.1) is 5.21 Å². The van der Waals surface area contributed by atoms with Crippen LogP contribution in [0.15, 0.2) is 42.7 Å². The Bertz CT molecular complexity index is 403. The van der Waals surface area contributed by atoms with E-state index in [1.807, 2.05) is 30.3 Å². The molecule has 0 unspecified atom stereocenters. The molecule has 0 spiro atoms. The predicted molar refractivity (Wildman–Crippen MR) is 46.4 cm³/mol. The molecule has 4 nitrogen and oxygen atoms in total. The average molecular weight is 173 g/mol. The first-order valence-corrected chi connectivity index (χ1v) is 3.84.